The molecule has 0 saturated heterocycles. The van der Waals surface area contributed by atoms with Crippen LogP contribution in [-0.4, -0.2) is 12.2 Å². The molecule has 1 unspecified atom stereocenters. The Bertz CT molecular complexity index is 642. The van der Waals surface area contributed by atoms with E-state index in [4.69, 9.17) is 4.74 Å². The van der Waals surface area contributed by atoms with Crippen LogP contribution in [0.4, 0.5) is 10.1 Å². The van der Waals surface area contributed by atoms with E-state index in [0.717, 1.165) is 24.0 Å². The third-order valence-electron chi connectivity index (χ3n) is 3.75. The summed E-state index contributed by atoms with van der Waals surface area (Å²) in [6.45, 7) is 0. The minimum atomic E-state index is -0.306. The Hall–Kier alpha value is -2.23. The largest absolute Gasteiger partial charge is 0.508 e. The van der Waals surface area contributed by atoms with Crippen LogP contribution < -0.4 is 10.1 Å². The molecule has 3 rings (SSSR count). The van der Waals surface area contributed by atoms with E-state index in [1.54, 1.807) is 25.3 Å². The predicted octanol–water partition coefficient (Wildman–Crippen LogP) is 3.64. The zero-order valence-electron chi connectivity index (χ0n) is 11.2. The van der Waals surface area contributed by atoms with Crippen molar-refractivity contribution in [3.05, 3.63) is 53.3 Å². The molecule has 0 aromatic heterocycles. The Morgan fingerprint density at radius 1 is 1.30 bits per heavy atom. The van der Waals surface area contributed by atoms with Gasteiger partial charge in [-0.2, -0.15) is 0 Å². The van der Waals surface area contributed by atoms with E-state index >= 15 is 0 Å². The Morgan fingerprint density at radius 3 is 2.95 bits per heavy atom. The molecular formula is C16H16FNO2. The first-order valence-corrected chi connectivity index (χ1v) is 6.60. The molecule has 2 aromatic carbocycles. The number of rotatable bonds is 3. The lowest BCUT2D eigenvalue weighted by molar-refractivity contribution is 0.414. The molecule has 1 atom stereocenters. The standard InChI is InChI=1S/C16H16FNO2/c1-20-10-5-7-13(17)15(9-10)18-14-8-6-12-11(14)3-2-4-16(12)19/h2-5,7,9,14,18-19H,6,8H2,1H3. The minimum Gasteiger partial charge on any atom is -0.508 e. The van der Waals surface area contributed by atoms with Gasteiger partial charge in [-0.05, 0) is 42.2 Å². The highest BCUT2D eigenvalue weighted by Gasteiger charge is 2.25. The number of ether oxygens (including phenoxy) is 1. The number of aromatic hydroxyl groups is 1. The maximum atomic E-state index is 13.8. The van der Waals surface area contributed by atoms with Gasteiger partial charge in [0.2, 0.25) is 0 Å². The fraction of sp³-hybridized carbons (Fsp3) is 0.250. The third kappa shape index (κ3) is 2.18. The molecular weight excluding hydrogens is 257 g/mol. The summed E-state index contributed by atoms with van der Waals surface area (Å²) in [5.74, 6) is 0.625. The van der Waals surface area contributed by atoms with Crippen LogP contribution in [0, 0.1) is 5.82 Å². The number of methoxy groups -OCH3 is 1. The van der Waals surface area contributed by atoms with Crippen LogP contribution in [0.25, 0.3) is 0 Å². The van der Waals surface area contributed by atoms with Gasteiger partial charge in [0.1, 0.15) is 17.3 Å². The van der Waals surface area contributed by atoms with Crippen molar-refractivity contribution in [2.24, 2.45) is 0 Å². The van der Waals surface area contributed by atoms with Crippen LogP contribution in [0.3, 0.4) is 0 Å². The van der Waals surface area contributed by atoms with E-state index in [0.29, 0.717) is 17.2 Å². The SMILES string of the molecule is COc1ccc(F)c(NC2CCc3c(O)cccc32)c1. The Balaban J connectivity index is 1.89. The fourth-order valence-corrected chi connectivity index (χ4v) is 2.71. The minimum absolute atomic E-state index is 0.0127. The smallest absolute Gasteiger partial charge is 0.146 e. The van der Waals surface area contributed by atoms with Crippen LogP contribution >= 0.6 is 0 Å². The van der Waals surface area contributed by atoms with E-state index in [2.05, 4.69) is 5.32 Å². The third-order valence-corrected chi connectivity index (χ3v) is 3.75. The topological polar surface area (TPSA) is 41.5 Å². The highest BCUT2D eigenvalue weighted by Crippen LogP contribution is 2.38. The second-order valence-electron chi connectivity index (χ2n) is 4.93. The molecule has 2 N–H and O–H groups in total. The van der Waals surface area contributed by atoms with Gasteiger partial charge < -0.3 is 15.2 Å². The summed E-state index contributed by atoms with van der Waals surface area (Å²) in [4.78, 5) is 0. The lowest BCUT2D eigenvalue weighted by Crippen LogP contribution is -2.08. The van der Waals surface area contributed by atoms with Crippen molar-refractivity contribution < 1.29 is 14.2 Å². The molecule has 20 heavy (non-hydrogen) atoms. The molecule has 0 radical (unpaired) electrons. The van der Waals surface area contributed by atoms with Gasteiger partial charge in [0.25, 0.3) is 0 Å². The summed E-state index contributed by atoms with van der Waals surface area (Å²) < 4.78 is 19.0. The lowest BCUT2D eigenvalue weighted by atomic mass is 10.1. The van der Waals surface area contributed by atoms with Gasteiger partial charge in [-0.15, -0.1) is 0 Å². The second kappa shape index (κ2) is 5.04. The summed E-state index contributed by atoms with van der Waals surface area (Å²) in [5, 5.41) is 13.0. The van der Waals surface area contributed by atoms with Gasteiger partial charge in [-0.25, -0.2) is 4.39 Å². The van der Waals surface area contributed by atoms with Gasteiger partial charge in [0.05, 0.1) is 18.8 Å². The molecule has 0 aliphatic heterocycles. The molecule has 3 nitrogen and oxygen atoms in total. The molecule has 0 amide bonds. The fourth-order valence-electron chi connectivity index (χ4n) is 2.71. The van der Waals surface area contributed by atoms with E-state index in [1.165, 1.54) is 6.07 Å². The maximum Gasteiger partial charge on any atom is 0.146 e. The van der Waals surface area contributed by atoms with Crippen LogP contribution in [0.5, 0.6) is 11.5 Å². The first kappa shape index (κ1) is 12.8. The number of hydrogen-bond acceptors (Lipinski definition) is 3. The number of phenols is 1. The van der Waals surface area contributed by atoms with Gasteiger partial charge in [-0.1, -0.05) is 12.1 Å². The predicted molar refractivity (Wildman–Crippen MR) is 75.7 cm³/mol. The molecule has 1 aliphatic rings. The number of fused-ring (bicyclic) bond motifs is 1. The van der Waals surface area contributed by atoms with Crippen LogP contribution in [0.1, 0.15) is 23.6 Å². The van der Waals surface area contributed by atoms with Crippen molar-refractivity contribution in [2.45, 2.75) is 18.9 Å². The van der Waals surface area contributed by atoms with Crippen molar-refractivity contribution in [1.82, 2.24) is 0 Å². The van der Waals surface area contributed by atoms with Crippen LogP contribution in [-0.2, 0) is 6.42 Å². The van der Waals surface area contributed by atoms with E-state index in [-0.39, 0.29) is 11.9 Å². The Kier molecular flexibility index (Phi) is 3.22. The van der Waals surface area contributed by atoms with Crippen molar-refractivity contribution in [3.8, 4) is 11.5 Å². The summed E-state index contributed by atoms with van der Waals surface area (Å²) in [6, 6.07) is 10.1. The first-order valence-electron chi connectivity index (χ1n) is 6.60. The molecule has 0 saturated carbocycles. The monoisotopic (exact) mass is 273 g/mol. The quantitative estimate of drug-likeness (QED) is 0.897. The van der Waals surface area contributed by atoms with Gasteiger partial charge in [-0.3, -0.25) is 0 Å². The second-order valence-corrected chi connectivity index (χ2v) is 4.93. The Labute approximate surface area is 117 Å². The Morgan fingerprint density at radius 2 is 2.15 bits per heavy atom. The van der Waals surface area contributed by atoms with Gasteiger partial charge in [0.15, 0.2) is 0 Å². The number of nitrogens with one attached hydrogen (secondary N) is 1. The molecule has 2 aromatic rings. The van der Waals surface area contributed by atoms with Gasteiger partial charge >= 0.3 is 0 Å². The van der Waals surface area contributed by atoms with Gasteiger partial charge in [0, 0.05) is 6.07 Å². The van der Waals surface area contributed by atoms with Crippen molar-refractivity contribution >= 4 is 5.69 Å². The maximum absolute atomic E-state index is 13.8. The molecule has 4 heteroatoms. The number of halogens is 1. The normalized spacial score (nSPS) is 16.8. The summed E-state index contributed by atoms with van der Waals surface area (Å²) >= 11 is 0. The number of phenolic OH excluding ortho intramolecular Hbond substituents is 1. The number of benzene rings is 2. The average molecular weight is 273 g/mol. The van der Waals surface area contributed by atoms with Crippen LogP contribution in [0.2, 0.25) is 0 Å². The number of hydrogen-bond donors (Lipinski definition) is 2. The summed E-state index contributed by atoms with van der Waals surface area (Å²) in [5.41, 5.74) is 2.41. The molecule has 0 heterocycles. The first-order chi connectivity index (χ1) is 9.69. The van der Waals surface area contributed by atoms with Crippen molar-refractivity contribution in [2.75, 3.05) is 12.4 Å². The summed E-state index contributed by atoms with van der Waals surface area (Å²) in [6.07, 6.45) is 1.63. The number of anilines is 1. The van der Waals surface area contributed by atoms with E-state index < -0.39 is 0 Å². The van der Waals surface area contributed by atoms with E-state index in [1.807, 2.05) is 12.1 Å². The summed E-state index contributed by atoms with van der Waals surface area (Å²) in [7, 11) is 1.56. The molecule has 0 fully saturated rings. The van der Waals surface area contributed by atoms with Crippen LogP contribution in [0.15, 0.2) is 36.4 Å². The van der Waals surface area contributed by atoms with E-state index in [9.17, 15) is 9.50 Å². The lowest BCUT2D eigenvalue weighted by Gasteiger charge is -2.17. The molecule has 104 valence electrons. The molecule has 0 spiro atoms. The molecule has 1 aliphatic carbocycles. The zero-order valence-corrected chi connectivity index (χ0v) is 11.2. The zero-order chi connectivity index (χ0) is 14.1. The van der Waals surface area contributed by atoms with Crippen molar-refractivity contribution in [3.63, 3.8) is 0 Å². The highest BCUT2D eigenvalue weighted by molar-refractivity contribution is 5.54. The van der Waals surface area contributed by atoms with Crippen molar-refractivity contribution in [1.29, 1.82) is 0 Å². The molecule has 0 bridgehead atoms. The highest BCUT2D eigenvalue weighted by atomic mass is 19.1. The average Bonchev–Trinajstić information content (AvgIpc) is 2.86.